The average molecular weight is 283 g/mol. The molecule has 1 unspecified atom stereocenters. The van der Waals surface area contributed by atoms with Crippen LogP contribution in [0.5, 0.6) is 0 Å². The van der Waals surface area contributed by atoms with Crippen molar-refractivity contribution in [3.05, 3.63) is 34.9 Å². The Hall–Kier alpha value is -0.570. The summed E-state index contributed by atoms with van der Waals surface area (Å²) in [6.45, 7) is 11.0. The Bertz CT molecular complexity index is 350. The van der Waals surface area contributed by atoms with Gasteiger partial charge in [0.05, 0.1) is 0 Å². The molecule has 19 heavy (non-hydrogen) atoms. The van der Waals surface area contributed by atoms with Crippen molar-refractivity contribution in [2.45, 2.75) is 39.7 Å². The van der Waals surface area contributed by atoms with E-state index in [9.17, 15) is 0 Å². The van der Waals surface area contributed by atoms with Crippen LogP contribution in [-0.4, -0.2) is 37.1 Å². The number of hydrogen-bond acceptors (Lipinski definition) is 2. The summed E-state index contributed by atoms with van der Waals surface area (Å²) in [6.07, 6.45) is 2.18. The molecule has 3 heteroatoms. The van der Waals surface area contributed by atoms with E-state index < -0.39 is 0 Å². The van der Waals surface area contributed by atoms with E-state index in [1.807, 2.05) is 12.1 Å². The van der Waals surface area contributed by atoms with Crippen molar-refractivity contribution in [2.24, 2.45) is 0 Å². The van der Waals surface area contributed by atoms with Gasteiger partial charge in [0.15, 0.2) is 0 Å². The first-order valence-electron chi connectivity index (χ1n) is 7.40. The number of nitrogens with one attached hydrogen (secondary N) is 1. The summed E-state index contributed by atoms with van der Waals surface area (Å²) < 4.78 is 0. The topological polar surface area (TPSA) is 15.3 Å². The Morgan fingerprint density at radius 1 is 1.16 bits per heavy atom. The van der Waals surface area contributed by atoms with Crippen LogP contribution in [0.15, 0.2) is 24.3 Å². The largest absolute Gasteiger partial charge is 0.314 e. The van der Waals surface area contributed by atoms with Crippen LogP contribution >= 0.6 is 11.6 Å². The normalized spacial score (nSPS) is 12.9. The maximum absolute atomic E-state index is 6.25. The minimum absolute atomic E-state index is 0.505. The van der Waals surface area contributed by atoms with Crippen LogP contribution in [-0.2, 0) is 6.42 Å². The molecule has 1 aromatic carbocycles. The third-order valence-electron chi connectivity index (χ3n) is 3.61. The summed E-state index contributed by atoms with van der Waals surface area (Å²) in [6, 6.07) is 8.66. The van der Waals surface area contributed by atoms with Crippen LogP contribution in [0.2, 0.25) is 5.02 Å². The van der Waals surface area contributed by atoms with Crippen molar-refractivity contribution in [3.8, 4) is 0 Å². The molecule has 0 amide bonds. The van der Waals surface area contributed by atoms with E-state index in [2.05, 4.69) is 43.1 Å². The van der Waals surface area contributed by atoms with Crippen LogP contribution in [0.3, 0.4) is 0 Å². The average Bonchev–Trinajstić information content (AvgIpc) is 2.42. The molecule has 0 saturated heterocycles. The Kier molecular flexibility index (Phi) is 8.11. The molecule has 1 rings (SSSR count). The first-order chi connectivity index (χ1) is 9.21. The van der Waals surface area contributed by atoms with Gasteiger partial charge in [0, 0.05) is 11.1 Å². The first kappa shape index (κ1) is 16.5. The second-order valence-electron chi connectivity index (χ2n) is 4.87. The second-order valence-corrected chi connectivity index (χ2v) is 5.27. The van der Waals surface area contributed by atoms with Gasteiger partial charge in [-0.1, -0.05) is 50.6 Å². The smallest absolute Gasteiger partial charge is 0.0438 e. The lowest BCUT2D eigenvalue weighted by atomic mass is 10.0. The van der Waals surface area contributed by atoms with E-state index in [0.717, 1.165) is 37.6 Å². The van der Waals surface area contributed by atoms with Gasteiger partial charge in [0.25, 0.3) is 0 Å². The zero-order chi connectivity index (χ0) is 14.1. The van der Waals surface area contributed by atoms with Gasteiger partial charge in [0.1, 0.15) is 0 Å². The third kappa shape index (κ3) is 5.94. The SMILES string of the molecule is CCNC(CCN(CC)CC)Cc1ccccc1Cl. The summed E-state index contributed by atoms with van der Waals surface area (Å²) in [5, 5.41) is 4.46. The first-order valence-corrected chi connectivity index (χ1v) is 7.78. The van der Waals surface area contributed by atoms with Gasteiger partial charge in [0.2, 0.25) is 0 Å². The van der Waals surface area contributed by atoms with Gasteiger partial charge in [-0.25, -0.2) is 0 Å². The molecule has 0 bridgehead atoms. The number of hydrogen-bond donors (Lipinski definition) is 1. The highest BCUT2D eigenvalue weighted by atomic mass is 35.5. The molecule has 0 aromatic heterocycles. The van der Waals surface area contributed by atoms with Crippen molar-refractivity contribution in [1.82, 2.24) is 10.2 Å². The van der Waals surface area contributed by atoms with E-state index in [-0.39, 0.29) is 0 Å². The van der Waals surface area contributed by atoms with Crippen LogP contribution in [0.4, 0.5) is 0 Å². The predicted octanol–water partition coefficient (Wildman–Crippen LogP) is 3.59. The summed E-state index contributed by atoms with van der Waals surface area (Å²) in [7, 11) is 0. The van der Waals surface area contributed by atoms with E-state index in [1.54, 1.807) is 0 Å². The van der Waals surface area contributed by atoms with Crippen LogP contribution in [0, 0.1) is 0 Å². The Balaban J connectivity index is 2.55. The number of benzene rings is 1. The van der Waals surface area contributed by atoms with Crippen molar-refractivity contribution < 1.29 is 0 Å². The Morgan fingerprint density at radius 2 is 1.84 bits per heavy atom. The fraction of sp³-hybridized carbons (Fsp3) is 0.625. The molecule has 0 fully saturated rings. The Morgan fingerprint density at radius 3 is 2.42 bits per heavy atom. The second kappa shape index (κ2) is 9.35. The zero-order valence-electron chi connectivity index (χ0n) is 12.5. The highest BCUT2D eigenvalue weighted by Gasteiger charge is 2.11. The monoisotopic (exact) mass is 282 g/mol. The van der Waals surface area contributed by atoms with E-state index in [0.29, 0.717) is 6.04 Å². The molecule has 0 radical (unpaired) electrons. The fourth-order valence-corrected chi connectivity index (χ4v) is 2.59. The molecule has 1 N–H and O–H groups in total. The van der Waals surface area contributed by atoms with Crippen LogP contribution in [0.1, 0.15) is 32.8 Å². The van der Waals surface area contributed by atoms with Gasteiger partial charge in [-0.2, -0.15) is 0 Å². The molecular weight excluding hydrogens is 256 g/mol. The number of rotatable bonds is 9. The van der Waals surface area contributed by atoms with E-state index in [1.165, 1.54) is 12.0 Å². The van der Waals surface area contributed by atoms with Crippen molar-refractivity contribution >= 4 is 11.6 Å². The molecule has 0 aliphatic rings. The lowest BCUT2D eigenvalue weighted by molar-refractivity contribution is 0.281. The molecule has 2 nitrogen and oxygen atoms in total. The molecule has 0 heterocycles. The summed E-state index contributed by atoms with van der Waals surface area (Å²) in [4.78, 5) is 2.47. The predicted molar refractivity (Wildman–Crippen MR) is 85.0 cm³/mol. The number of nitrogens with zero attached hydrogens (tertiary/aromatic N) is 1. The lowest BCUT2D eigenvalue weighted by Gasteiger charge is -2.23. The van der Waals surface area contributed by atoms with Gasteiger partial charge in [-0.05, 0) is 50.7 Å². The highest BCUT2D eigenvalue weighted by molar-refractivity contribution is 6.31. The van der Waals surface area contributed by atoms with Crippen molar-refractivity contribution in [1.29, 1.82) is 0 Å². The number of likely N-dealkylation sites (N-methyl/N-ethyl adjacent to an activating group) is 1. The summed E-state index contributed by atoms with van der Waals surface area (Å²) >= 11 is 6.25. The van der Waals surface area contributed by atoms with Gasteiger partial charge >= 0.3 is 0 Å². The molecule has 0 aliphatic carbocycles. The zero-order valence-corrected chi connectivity index (χ0v) is 13.2. The minimum Gasteiger partial charge on any atom is -0.314 e. The van der Waals surface area contributed by atoms with E-state index in [4.69, 9.17) is 11.6 Å². The quantitative estimate of drug-likeness (QED) is 0.745. The molecule has 1 aromatic rings. The maximum Gasteiger partial charge on any atom is 0.0438 e. The van der Waals surface area contributed by atoms with Gasteiger partial charge in [-0.15, -0.1) is 0 Å². The van der Waals surface area contributed by atoms with Crippen molar-refractivity contribution in [2.75, 3.05) is 26.2 Å². The van der Waals surface area contributed by atoms with Crippen molar-refractivity contribution in [3.63, 3.8) is 0 Å². The Labute approximate surface area is 123 Å². The molecule has 0 saturated carbocycles. The summed E-state index contributed by atoms with van der Waals surface area (Å²) in [5.41, 5.74) is 1.25. The summed E-state index contributed by atoms with van der Waals surface area (Å²) in [5.74, 6) is 0. The molecule has 0 aliphatic heterocycles. The minimum atomic E-state index is 0.505. The van der Waals surface area contributed by atoms with Crippen LogP contribution in [0.25, 0.3) is 0 Å². The van der Waals surface area contributed by atoms with E-state index >= 15 is 0 Å². The molecule has 108 valence electrons. The number of halogens is 1. The highest BCUT2D eigenvalue weighted by Crippen LogP contribution is 2.17. The molecule has 1 atom stereocenters. The standard InChI is InChI=1S/C16H27ClN2/c1-4-18-15(11-12-19(5-2)6-3)13-14-9-7-8-10-16(14)17/h7-10,15,18H,4-6,11-13H2,1-3H3. The third-order valence-corrected chi connectivity index (χ3v) is 3.97. The molecule has 0 spiro atoms. The van der Waals surface area contributed by atoms with Gasteiger partial charge < -0.3 is 10.2 Å². The lowest BCUT2D eigenvalue weighted by Crippen LogP contribution is -2.35. The maximum atomic E-state index is 6.25. The fourth-order valence-electron chi connectivity index (χ4n) is 2.37. The molecular formula is C16H27ClN2. The van der Waals surface area contributed by atoms with Gasteiger partial charge in [-0.3, -0.25) is 0 Å². The van der Waals surface area contributed by atoms with Crippen LogP contribution < -0.4 is 5.32 Å².